The minimum atomic E-state index is -0.269. The van der Waals surface area contributed by atoms with Crippen molar-refractivity contribution in [2.24, 2.45) is 0 Å². The van der Waals surface area contributed by atoms with Gasteiger partial charge in [0.15, 0.2) is 23.1 Å². The molecule has 3 aromatic carbocycles. The smallest absolute Gasteiger partial charge is 0.186 e. The normalized spacial score (nSPS) is 14.7. The number of likely N-dealkylation sites (tertiary alicyclic amines) is 1. The Kier molecular flexibility index (Phi) is 10.1. The quantitative estimate of drug-likeness (QED) is 0.134. The first-order chi connectivity index (χ1) is 23.0. The summed E-state index contributed by atoms with van der Waals surface area (Å²) in [5.74, 6) is 1.75. The second-order valence-electron chi connectivity index (χ2n) is 11.6. The molecule has 4 aromatic rings. The maximum Gasteiger partial charge on any atom is 0.186 e. The fourth-order valence-corrected chi connectivity index (χ4v) is 5.82. The van der Waals surface area contributed by atoms with Crippen LogP contribution >= 0.6 is 0 Å². The summed E-state index contributed by atoms with van der Waals surface area (Å²) in [6, 6.07) is 19.2. The van der Waals surface area contributed by atoms with Crippen LogP contribution in [-0.2, 0) is 9.59 Å². The van der Waals surface area contributed by atoms with E-state index in [9.17, 15) is 9.59 Å². The molecule has 1 N–H and O–H groups in total. The van der Waals surface area contributed by atoms with Crippen LogP contribution in [0.3, 0.4) is 0 Å². The lowest BCUT2D eigenvalue weighted by Gasteiger charge is -2.20. The van der Waals surface area contributed by atoms with E-state index < -0.39 is 0 Å². The van der Waals surface area contributed by atoms with Gasteiger partial charge in [0.05, 0.1) is 25.8 Å². The second-order valence-corrected chi connectivity index (χ2v) is 11.6. The van der Waals surface area contributed by atoms with Gasteiger partial charge in [-0.3, -0.25) is 9.59 Å². The standard InChI is InChI=1S/C37H39N5O5/c1-41(26-9-4-3-5-10-26)18-20-46-28-12-13-32(29(22-28)30-21-27(43)11-14-34(30)44)40-37-31-23-35(45-2)36(24-33(31)38-25-39-37)47-19-8-17-42-15-6-7-16-42/h3-5,9-14,21-25H,6-8,15-20H2,1-2H3,(H,38,39,40). The van der Waals surface area contributed by atoms with Gasteiger partial charge < -0.3 is 29.3 Å². The van der Waals surface area contributed by atoms with Crippen LogP contribution in [0.1, 0.15) is 24.8 Å². The molecule has 1 aliphatic carbocycles. The first-order valence-corrected chi connectivity index (χ1v) is 15.9. The number of ketones is 2. The third-order valence-electron chi connectivity index (χ3n) is 8.37. The molecular formula is C37H39N5O5. The van der Waals surface area contributed by atoms with Crippen LogP contribution < -0.4 is 24.4 Å². The van der Waals surface area contributed by atoms with Gasteiger partial charge in [-0.2, -0.15) is 0 Å². The number of benzene rings is 3. The van der Waals surface area contributed by atoms with Crippen molar-refractivity contribution in [2.45, 2.75) is 19.3 Å². The van der Waals surface area contributed by atoms with E-state index in [2.05, 4.69) is 25.1 Å². The average Bonchev–Trinajstić information content (AvgIpc) is 3.62. The number of para-hydroxylation sites is 1. The van der Waals surface area contributed by atoms with Crippen LogP contribution in [0.15, 0.2) is 85.2 Å². The van der Waals surface area contributed by atoms with E-state index in [1.807, 2.05) is 61.6 Å². The fourth-order valence-electron chi connectivity index (χ4n) is 5.82. The maximum atomic E-state index is 13.0. The molecule has 0 atom stereocenters. The minimum Gasteiger partial charge on any atom is -0.493 e. The van der Waals surface area contributed by atoms with Crippen molar-refractivity contribution in [2.75, 3.05) is 63.8 Å². The number of carbonyl (C=O) groups is 2. The topological polar surface area (TPSA) is 106 Å². The Hall–Kier alpha value is -5.22. The Morgan fingerprint density at radius 1 is 0.915 bits per heavy atom. The summed E-state index contributed by atoms with van der Waals surface area (Å²) in [7, 11) is 3.61. The number of carbonyl (C=O) groups excluding carboxylic acids is 2. The lowest BCUT2D eigenvalue weighted by atomic mass is 9.94. The van der Waals surface area contributed by atoms with Crippen molar-refractivity contribution in [3.05, 3.63) is 90.8 Å². The van der Waals surface area contributed by atoms with Crippen molar-refractivity contribution in [3.63, 3.8) is 0 Å². The molecular weight excluding hydrogens is 594 g/mol. The molecule has 0 spiro atoms. The lowest BCUT2D eigenvalue weighted by molar-refractivity contribution is -0.113. The molecule has 242 valence electrons. The predicted molar refractivity (Wildman–Crippen MR) is 184 cm³/mol. The average molecular weight is 634 g/mol. The first kappa shape index (κ1) is 31.7. The molecule has 0 amide bonds. The molecule has 10 nitrogen and oxygen atoms in total. The third kappa shape index (κ3) is 7.78. The monoisotopic (exact) mass is 633 g/mol. The maximum absolute atomic E-state index is 13.0. The number of fused-ring (bicyclic) bond motifs is 1. The van der Waals surface area contributed by atoms with Gasteiger partial charge in [-0.25, -0.2) is 9.97 Å². The Bertz CT molecular complexity index is 1800. The van der Waals surface area contributed by atoms with E-state index in [-0.39, 0.29) is 17.1 Å². The van der Waals surface area contributed by atoms with Gasteiger partial charge in [0.25, 0.3) is 0 Å². The summed E-state index contributed by atoms with van der Waals surface area (Å²) in [5, 5.41) is 4.09. The van der Waals surface area contributed by atoms with Crippen LogP contribution in [-0.4, -0.2) is 80.0 Å². The largest absolute Gasteiger partial charge is 0.493 e. The van der Waals surface area contributed by atoms with Gasteiger partial charge >= 0.3 is 0 Å². The molecule has 2 aliphatic rings. The highest BCUT2D eigenvalue weighted by molar-refractivity contribution is 6.34. The molecule has 1 fully saturated rings. The minimum absolute atomic E-state index is 0.258. The number of hydrogen-bond donors (Lipinski definition) is 1. The molecule has 1 saturated heterocycles. The molecule has 2 heterocycles. The Morgan fingerprint density at radius 2 is 1.74 bits per heavy atom. The summed E-state index contributed by atoms with van der Waals surface area (Å²) >= 11 is 0. The van der Waals surface area contributed by atoms with E-state index in [0.29, 0.717) is 65.0 Å². The number of rotatable bonds is 14. The number of nitrogens with zero attached hydrogens (tertiary/aromatic N) is 4. The molecule has 0 bridgehead atoms. The number of nitrogens with one attached hydrogen (secondary N) is 1. The summed E-state index contributed by atoms with van der Waals surface area (Å²) in [5.41, 5.74) is 3.14. The highest BCUT2D eigenvalue weighted by Crippen LogP contribution is 2.37. The Morgan fingerprint density at radius 3 is 2.55 bits per heavy atom. The number of ether oxygens (including phenoxy) is 3. The number of likely N-dealkylation sites (N-methyl/N-ethyl adjacent to an activating group) is 1. The van der Waals surface area contributed by atoms with Crippen molar-refractivity contribution in [1.82, 2.24) is 14.9 Å². The van der Waals surface area contributed by atoms with Crippen molar-refractivity contribution in [3.8, 4) is 17.2 Å². The number of methoxy groups -OCH3 is 1. The van der Waals surface area contributed by atoms with Gasteiger partial charge in [0.2, 0.25) is 0 Å². The van der Waals surface area contributed by atoms with Crippen molar-refractivity contribution < 1.29 is 23.8 Å². The van der Waals surface area contributed by atoms with Crippen LogP contribution in [0.25, 0.3) is 16.5 Å². The van der Waals surface area contributed by atoms with Gasteiger partial charge in [-0.1, -0.05) is 18.2 Å². The summed E-state index contributed by atoms with van der Waals surface area (Å²) in [6.45, 7) is 4.99. The van der Waals surface area contributed by atoms with Gasteiger partial charge in [-0.15, -0.1) is 0 Å². The highest BCUT2D eigenvalue weighted by Gasteiger charge is 2.21. The number of allylic oxidation sites excluding steroid dienone is 4. The summed E-state index contributed by atoms with van der Waals surface area (Å²) in [6.07, 6.45) is 8.86. The molecule has 47 heavy (non-hydrogen) atoms. The number of hydrogen-bond acceptors (Lipinski definition) is 10. The zero-order chi connectivity index (χ0) is 32.6. The third-order valence-corrected chi connectivity index (χ3v) is 8.37. The van der Waals surface area contributed by atoms with E-state index in [1.165, 1.54) is 37.4 Å². The van der Waals surface area contributed by atoms with Gasteiger partial charge in [-0.05, 0) is 87.0 Å². The summed E-state index contributed by atoms with van der Waals surface area (Å²) < 4.78 is 17.9. The molecule has 0 unspecified atom stereocenters. The van der Waals surface area contributed by atoms with E-state index in [4.69, 9.17) is 14.2 Å². The van der Waals surface area contributed by atoms with E-state index >= 15 is 0 Å². The number of aromatic nitrogens is 2. The van der Waals surface area contributed by atoms with Crippen LogP contribution in [0, 0.1) is 0 Å². The SMILES string of the molecule is COc1cc2c(Nc3ccc(OCCN(C)c4ccccc4)cc3C3=CC(=O)C=CC3=O)ncnc2cc1OCCCN1CCCC1. The lowest BCUT2D eigenvalue weighted by Crippen LogP contribution is -2.23. The highest BCUT2D eigenvalue weighted by atomic mass is 16.5. The molecule has 0 radical (unpaired) electrons. The molecule has 0 saturated carbocycles. The van der Waals surface area contributed by atoms with E-state index in [0.717, 1.165) is 31.7 Å². The van der Waals surface area contributed by atoms with Gasteiger partial charge in [0.1, 0.15) is 24.5 Å². The zero-order valence-corrected chi connectivity index (χ0v) is 26.8. The first-order valence-electron chi connectivity index (χ1n) is 15.9. The van der Waals surface area contributed by atoms with Crippen molar-refractivity contribution in [1.29, 1.82) is 0 Å². The summed E-state index contributed by atoms with van der Waals surface area (Å²) in [4.78, 5) is 38.9. The Labute approximate surface area is 274 Å². The molecule has 6 rings (SSSR count). The molecule has 10 heteroatoms. The molecule has 1 aromatic heterocycles. The van der Waals surface area contributed by atoms with Crippen LogP contribution in [0.4, 0.5) is 17.2 Å². The van der Waals surface area contributed by atoms with Crippen molar-refractivity contribution >= 4 is 45.2 Å². The Balaban J connectivity index is 1.23. The second kappa shape index (κ2) is 14.9. The van der Waals surface area contributed by atoms with Gasteiger partial charge in [0, 0.05) is 47.6 Å². The molecule has 1 aliphatic heterocycles. The number of anilines is 3. The predicted octanol–water partition coefficient (Wildman–Crippen LogP) is 5.85. The van der Waals surface area contributed by atoms with E-state index in [1.54, 1.807) is 13.2 Å². The fraction of sp³-hybridized carbons (Fsp3) is 0.297. The van der Waals surface area contributed by atoms with Crippen LogP contribution in [0.2, 0.25) is 0 Å². The zero-order valence-electron chi connectivity index (χ0n) is 26.8. The van der Waals surface area contributed by atoms with Crippen LogP contribution in [0.5, 0.6) is 17.2 Å².